The second-order valence-corrected chi connectivity index (χ2v) is 10.5. The van der Waals surface area contributed by atoms with Crippen molar-refractivity contribution in [1.82, 2.24) is 0 Å². The van der Waals surface area contributed by atoms with Crippen LogP contribution in [0.5, 0.6) is 0 Å². The maximum Gasteiger partial charge on any atom is 0.00498 e. The molecule has 0 amide bonds. The van der Waals surface area contributed by atoms with Crippen molar-refractivity contribution in [3.8, 4) is 0 Å². The fraction of sp³-hybridized carbons (Fsp3) is 0.586. The molecule has 0 aromatic heterocycles. The van der Waals surface area contributed by atoms with E-state index >= 15 is 0 Å². The molecule has 5 unspecified atom stereocenters. The van der Waals surface area contributed by atoms with Crippen molar-refractivity contribution in [1.29, 1.82) is 0 Å². The van der Waals surface area contributed by atoms with Crippen LogP contribution in [0, 0.1) is 11.8 Å². The molecule has 5 atom stereocenters. The summed E-state index contributed by atoms with van der Waals surface area (Å²) in [6.45, 7) is 9.64. The van der Waals surface area contributed by atoms with Crippen molar-refractivity contribution < 1.29 is 0 Å². The number of thioether (sulfide) groups is 1. The van der Waals surface area contributed by atoms with Gasteiger partial charge in [-0.1, -0.05) is 114 Å². The van der Waals surface area contributed by atoms with Crippen molar-refractivity contribution >= 4 is 11.8 Å². The van der Waals surface area contributed by atoms with E-state index in [4.69, 9.17) is 0 Å². The molecule has 1 heteroatoms. The SMILES string of the molecule is CCCCCCC(CC(CC(C)C(C)c1ccccc1)SC)C(C)c1ccccc1. The van der Waals surface area contributed by atoms with Crippen LogP contribution in [0.25, 0.3) is 0 Å². The number of unbranched alkanes of at least 4 members (excludes halogenated alkanes) is 3. The third-order valence-electron chi connectivity index (χ3n) is 7.17. The standard InChI is InChI=1S/C29H44S/c1-6-7-8-11-20-28(25(4)27-18-14-10-15-19-27)22-29(30-5)21-23(2)24(3)26-16-12-9-13-17-26/h9-10,12-19,23-25,28-29H,6-8,11,20-22H2,1-5H3. The highest BCUT2D eigenvalue weighted by molar-refractivity contribution is 7.99. The van der Waals surface area contributed by atoms with E-state index < -0.39 is 0 Å². The zero-order valence-electron chi connectivity index (χ0n) is 20.0. The molecule has 0 aliphatic heterocycles. The number of benzene rings is 2. The summed E-state index contributed by atoms with van der Waals surface area (Å²) in [5.74, 6) is 2.75. The smallest absolute Gasteiger partial charge is 0.00498 e. The molecule has 0 N–H and O–H groups in total. The van der Waals surface area contributed by atoms with Crippen molar-refractivity contribution in [2.45, 2.75) is 89.7 Å². The van der Waals surface area contributed by atoms with Crippen LogP contribution in [0.1, 0.15) is 95.6 Å². The van der Waals surface area contributed by atoms with E-state index in [0.29, 0.717) is 17.8 Å². The average molecular weight is 425 g/mol. The first kappa shape index (κ1) is 25.1. The van der Waals surface area contributed by atoms with Gasteiger partial charge >= 0.3 is 0 Å². The summed E-state index contributed by atoms with van der Waals surface area (Å²) >= 11 is 2.10. The topological polar surface area (TPSA) is 0 Å². The largest absolute Gasteiger partial charge is 0.162 e. The van der Waals surface area contributed by atoms with Gasteiger partial charge in [-0.3, -0.25) is 0 Å². The van der Waals surface area contributed by atoms with E-state index in [1.165, 1.54) is 56.1 Å². The zero-order chi connectivity index (χ0) is 21.8. The van der Waals surface area contributed by atoms with E-state index in [1.807, 2.05) is 0 Å². The van der Waals surface area contributed by atoms with Crippen molar-refractivity contribution in [3.05, 3.63) is 71.8 Å². The molecule has 2 aromatic rings. The van der Waals surface area contributed by atoms with Crippen LogP contribution >= 0.6 is 11.8 Å². The first-order chi connectivity index (χ1) is 14.6. The predicted molar refractivity (Wildman–Crippen MR) is 138 cm³/mol. The van der Waals surface area contributed by atoms with E-state index in [-0.39, 0.29) is 0 Å². The second-order valence-electron chi connectivity index (χ2n) is 9.31. The van der Waals surface area contributed by atoms with Crippen LogP contribution in [0.15, 0.2) is 60.7 Å². The van der Waals surface area contributed by atoms with E-state index in [9.17, 15) is 0 Å². The highest BCUT2D eigenvalue weighted by atomic mass is 32.2. The molecule has 0 saturated carbocycles. The third-order valence-corrected chi connectivity index (χ3v) is 8.23. The van der Waals surface area contributed by atoms with Gasteiger partial charge in [0.05, 0.1) is 0 Å². The van der Waals surface area contributed by atoms with Gasteiger partial charge < -0.3 is 0 Å². The minimum absolute atomic E-state index is 0.621. The second kappa shape index (κ2) is 14.0. The molecule has 0 nitrogen and oxygen atoms in total. The van der Waals surface area contributed by atoms with Crippen molar-refractivity contribution in [2.75, 3.05) is 6.26 Å². The summed E-state index contributed by atoms with van der Waals surface area (Å²) in [4.78, 5) is 0. The van der Waals surface area contributed by atoms with Crippen LogP contribution in [0.3, 0.4) is 0 Å². The average Bonchev–Trinajstić information content (AvgIpc) is 2.80. The molecule has 0 aliphatic rings. The minimum atomic E-state index is 0.621. The highest BCUT2D eigenvalue weighted by Crippen LogP contribution is 2.38. The maximum absolute atomic E-state index is 2.47. The Morgan fingerprint density at radius 3 is 1.80 bits per heavy atom. The monoisotopic (exact) mass is 424 g/mol. The number of hydrogen-bond acceptors (Lipinski definition) is 1. The Kier molecular flexibility index (Phi) is 11.7. The lowest BCUT2D eigenvalue weighted by Crippen LogP contribution is -2.20. The van der Waals surface area contributed by atoms with Crippen LogP contribution in [-0.2, 0) is 0 Å². The fourth-order valence-corrected chi connectivity index (χ4v) is 5.70. The van der Waals surface area contributed by atoms with Gasteiger partial charge in [-0.05, 0) is 60.3 Å². The number of rotatable bonds is 14. The van der Waals surface area contributed by atoms with Gasteiger partial charge in [0, 0.05) is 5.25 Å². The molecule has 2 aromatic carbocycles. The molecular weight excluding hydrogens is 380 g/mol. The summed E-state index contributed by atoms with van der Waals surface area (Å²) in [6.07, 6.45) is 11.8. The Morgan fingerprint density at radius 1 is 0.700 bits per heavy atom. The molecule has 166 valence electrons. The molecule has 0 bridgehead atoms. The predicted octanol–water partition coefficient (Wildman–Crippen LogP) is 9.33. The Bertz CT molecular complexity index is 665. The van der Waals surface area contributed by atoms with Crippen LogP contribution in [0.4, 0.5) is 0 Å². The molecule has 30 heavy (non-hydrogen) atoms. The van der Waals surface area contributed by atoms with Gasteiger partial charge in [0.15, 0.2) is 0 Å². The van der Waals surface area contributed by atoms with Gasteiger partial charge in [-0.25, -0.2) is 0 Å². The molecule has 0 aliphatic carbocycles. The summed E-state index contributed by atoms with van der Waals surface area (Å²) in [6, 6.07) is 22.3. The van der Waals surface area contributed by atoms with E-state index in [0.717, 1.165) is 11.2 Å². The van der Waals surface area contributed by atoms with E-state index in [1.54, 1.807) is 0 Å². The zero-order valence-corrected chi connectivity index (χ0v) is 20.8. The quantitative estimate of drug-likeness (QED) is 0.272. The Morgan fingerprint density at radius 2 is 1.27 bits per heavy atom. The van der Waals surface area contributed by atoms with Crippen LogP contribution in [0.2, 0.25) is 0 Å². The first-order valence-corrected chi connectivity index (χ1v) is 13.5. The van der Waals surface area contributed by atoms with Gasteiger partial charge in [0.25, 0.3) is 0 Å². The maximum atomic E-state index is 2.47. The fourth-order valence-electron chi connectivity index (χ4n) is 4.76. The summed E-state index contributed by atoms with van der Waals surface area (Å²) < 4.78 is 0. The Hall–Kier alpha value is -1.21. The van der Waals surface area contributed by atoms with E-state index in [2.05, 4.69) is 106 Å². The van der Waals surface area contributed by atoms with Gasteiger partial charge in [0.2, 0.25) is 0 Å². The molecule has 2 rings (SSSR count). The van der Waals surface area contributed by atoms with Crippen molar-refractivity contribution in [3.63, 3.8) is 0 Å². The van der Waals surface area contributed by atoms with Crippen LogP contribution < -0.4 is 0 Å². The Balaban J connectivity index is 2.03. The molecule has 0 saturated heterocycles. The summed E-state index contributed by atoms with van der Waals surface area (Å²) in [5.41, 5.74) is 3.00. The Labute approximate surface area is 191 Å². The lowest BCUT2D eigenvalue weighted by atomic mass is 9.79. The summed E-state index contributed by atoms with van der Waals surface area (Å²) in [7, 11) is 0. The molecule has 0 heterocycles. The number of hydrogen-bond donors (Lipinski definition) is 0. The lowest BCUT2D eigenvalue weighted by molar-refractivity contribution is 0.342. The highest BCUT2D eigenvalue weighted by Gasteiger charge is 2.25. The minimum Gasteiger partial charge on any atom is -0.162 e. The molecule has 0 fully saturated rings. The lowest BCUT2D eigenvalue weighted by Gasteiger charge is -2.31. The van der Waals surface area contributed by atoms with Gasteiger partial charge in [-0.2, -0.15) is 11.8 Å². The molecular formula is C29H44S. The third kappa shape index (κ3) is 8.14. The van der Waals surface area contributed by atoms with Gasteiger partial charge in [-0.15, -0.1) is 0 Å². The molecule has 0 spiro atoms. The van der Waals surface area contributed by atoms with Crippen molar-refractivity contribution in [2.24, 2.45) is 11.8 Å². The molecule has 0 radical (unpaired) electrons. The van der Waals surface area contributed by atoms with Crippen LogP contribution in [-0.4, -0.2) is 11.5 Å². The van der Waals surface area contributed by atoms with Gasteiger partial charge in [0.1, 0.15) is 0 Å². The normalized spacial score (nSPS) is 16.6. The summed E-state index contributed by atoms with van der Waals surface area (Å²) in [5, 5.41) is 0.744. The first-order valence-electron chi connectivity index (χ1n) is 12.2.